The second kappa shape index (κ2) is 7.59. The first-order valence-electron chi connectivity index (χ1n) is 6.90. The number of carboxylic acid groups (broad SMARTS) is 1. The summed E-state index contributed by atoms with van der Waals surface area (Å²) in [7, 11) is 0. The van der Waals surface area contributed by atoms with Crippen LogP contribution >= 0.6 is 0 Å². The van der Waals surface area contributed by atoms with Crippen molar-refractivity contribution in [3.05, 3.63) is 0 Å². The molecule has 0 aromatic heterocycles. The highest BCUT2D eigenvalue weighted by Crippen LogP contribution is 2.35. The molecule has 6 heteroatoms. The Hall–Kier alpha value is -1.14. The molecule has 0 spiro atoms. The van der Waals surface area contributed by atoms with Crippen LogP contribution in [-0.2, 0) is 9.59 Å². The number of nitrogens with zero attached hydrogens (tertiary/aromatic N) is 1. The number of amides is 1. The van der Waals surface area contributed by atoms with Crippen LogP contribution in [0, 0.1) is 10.8 Å². The predicted molar refractivity (Wildman–Crippen MR) is 76.2 cm³/mol. The molecule has 0 aromatic rings. The van der Waals surface area contributed by atoms with Crippen LogP contribution in [-0.4, -0.2) is 40.3 Å². The Balaban J connectivity index is 4.24. The monoisotopic (exact) mass is 288 g/mol. The van der Waals surface area contributed by atoms with Gasteiger partial charge in [-0.1, -0.05) is 27.7 Å². The van der Waals surface area contributed by atoms with E-state index in [0.29, 0.717) is 18.0 Å². The van der Waals surface area contributed by atoms with Crippen molar-refractivity contribution < 1.29 is 19.9 Å². The van der Waals surface area contributed by atoms with E-state index in [1.54, 1.807) is 0 Å². The molecule has 118 valence electrons. The molecule has 0 heterocycles. The van der Waals surface area contributed by atoms with E-state index in [1.165, 1.54) is 0 Å². The van der Waals surface area contributed by atoms with Gasteiger partial charge in [-0.15, -0.1) is 0 Å². The Bertz CT molecular complexity index is 340. The number of carboxylic acids is 1. The average molecular weight is 288 g/mol. The minimum Gasteiger partial charge on any atom is -0.481 e. The van der Waals surface area contributed by atoms with E-state index in [-0.39, 0.29) is 30.2 Å². The van der Waals surface area contributed by atoms with Crippen molar-refractivity contribution in [2.45, 2.75) is 53.4 Å². The first-order valence-corrected chi connectivity index (χ1v) is 6.90. The van der Waals surface area contributed by atoms with Crippen LogP contribution in [0.5, 0.6) is 0 Å². The number of hydrogen-bond donors (Lipinski definition) is 3. The molecule has 0 unspecified atom stereocenters. The smallest absolute Gasteiger partial charge is 0.303 e. The van der Waals surface area contributed by atoms with Gasteiger partial charge in [-0.2, -0.15) is 0 Å². The molecule has 0 aromatic carbocycles. The maximum absolute atomic E-state index is 11.5. The van der Waals surface area contributed by atoms with Gasteiger partial charge in [0.15, 0.2) is 0 Å². The molecule has 0 bridgehead atoms. The van der Waals surface area contributed by atoms with Crippen LogP contribution in [0.2, 0.25) is 0 Å². The van der Waals surface area contributed by atoms with Crippen molar-refractivity contribution in [1.82, 2.24) is 5.06 Å². The van der Waals surface area contributed by atoms with Gasteiger partial charge in [0.1, 0.15) is 0 Å². The van der Waals surface area contributed by atoms with Gasteiger partial charge in [0.05, 0.1) is 6.42 Å². The molecule has 20 heavy (non-hydrogen) atoms. The second-order valence-electron chi connectivity index (χ2n) is 6.87. The summed E-state index contributed by atoms with van der Waals surface area (Å²) in [5, 5.41) is 18.7. The fraction of sp³-hybridized carbons (Fsp3) is 0.857. The maximum Gasteiger partial charge on any atom is 0.303 e. The largest absolute Gasteiger partial charge is 0.481 e. The first-order chi connectivity index (χ1) is 8.99. The normalized spacial score (nSPS) is 12.3. The van der Waals surface area contributed by atoms with Crippen molar-refractivity contribution >= 4 is 11.9 Å². The summed E-state index contributed by atoms with van der Waals surface area (Å²) < 4.78 is 0. The molecule has 0 saturated heterocycles. The lowest BCUT2D eigenvalue weighted by atomic mass is 9.73. The van der Waals surface area contributed by atoms with Crippen molar-refractivity contribution in [3.8, 4) is 0 Å². The minimum absolute atomic E-state index is 0.0110. The van der Waals surface area contributed by atoms with Crippen LogP contribution in [0.4, 0.5) is 0 Å². The van der Waals surface area contributed by atoms with Gasteiger partial charge in [-0.25, -0.2) is 5.06 Å². The van der Waals surface area contributed by atoms with Crippen LogP contribution in [0.1, 0.15) is 53.4 Å². The van der Waals surface area contributed by atoms with Gasteiger partial charge in [0.2, 0.25) is 5.91 Å². The highest BCUT2D eigenvalue weighted by Gasteiger charge is 2.28. The number of carbonyl (C=O) groups is 2. The van der Waals surface area contributed by atoms with Gasteiger partial charge in [-0.3, -0.25) is 14.8 Å². The summed E-state index contributed by atoms with van der Waals surface area (Å²) in [6.45, 7) is 9.09. The molecular weight excluding hydrogens is 260 g/mol. The number of carbonyl (C=O) groups excluding carboxylic acids is 1. The summed E-state index contributed by atoms with van der Waals surface area (Å²) in [6, 6.07) is 0. The molecule has 0 radical (unpaired) electrons. The van der Waals surface area contributed by atoms with E-state index in [2.05, 4.69) is 27.7 Å². The fourth-order valence-corrected chi connectivity index (χ4v) is 2.33. The SMILES string of the molecule is CC(C)(CN)CC(C)(C)CCN(O)C(=O)CCC(=O)O. The van der Waals surface area contributed by atoms with Crippen molar-refractivity contribution in [1.29, 1.82) is 0 Å². The molecule has 1 amide bonds. The number of rotatable bonds is 9. The van der Waals surface area contributed by atoms with E-state index in [4.69, 9.17) is 10.8 Å². The van der Waals surface area contributed by atoms with Crippen LogP contribution < -0.4 is 5.73 Å². The zero-order valence-electron chi connectivity index (χ0n) is 13.0. The summed E-state index contributed by atoms with van der Waals surface area (Å²) in [5.41, 5.74) is 5.67. The number of hydrogen-bond acceptors (Lipinski definition) is 4. The predicted octanol–water partition coefficient (Wildman–Crippen LogP) is 1.86. The number of aliphatic carboxylic acids is 1. The Morgan fingerprint density at radius 2 is 1.65 bits per heavy atom. The van der Waals surface area contributed by atoms with E-state index in [0.717, 1.165) is 6.42 Å². The van der Waals surface area contributed by atoms with Crippen molar-refractivity contribution in [2.24, 2.45) is 16.6 Å². The summed E-state index contributed by atoms with van der Waals surface area (Å²) in [5.74, 6) is -1.60. The third-order valence-electron chi connectivity index (χ3n) is 3.35. The van der Waals surface area contributed by atoms with Crippen molar-refractivity contribution in [2.75, 3.05) is 13.1 Å². The van der Waals surface area contributed by atoms with E-state index >= 15 is 0 Å². The summed E-state index contributed by atoms with van der Waals surface area (Å²) in [6.07, 6.45) is 1.07. The highest BCUT2D eigenvalue weighted by molar-refractivity contribution is 5.79. The van der Waals surface area contributed by atoms with Gasteiger partial charge in [-0.05, 0) is 30.2 Å². The highest BCUT2D eigenvalue weighted by atomic mass is 16.5. The van der Waals surface area contributed by atoms with Crippen LogP contribution in [0.15, 0.2) is 0 Å². The van der Waals surface area contributed by atoms with Crippen molar-refractivity contribution in [3.63, 3.8) is 0 Å². The zero-order valence-corrected chi connectivity index (χ0v) is 13.0. The molecule has 6 nitrogen and oxygen atoms in total. The zero-order chi connectivity index (χ0) is 16.0. The van der Waals surface area contributed by atoms with E-state index in [9.17, 15) is 14.8 Å². The Labute approximate surface area is 120 Å². The molecule has 0 fully saturated rings. The Morgan fingerprint density at radius 3 is 2.10 bits per heavy atom. The van der Waals surface area contributed by atoms with E-state index in [1.807, 2.05) is 0 Å². The van der Waals surface area contributed by atoms with Crippen LogP contribution in [0.25, 0.3) is 0 Å². The molecule has 0 aliphatic heterocycles. The van der Waals surface area contributed by atoms with Crippen LogP contribution in [0.3, 0.4) is 0 Å². The lowest BCUT2D eigenvalue weighted by Gasteiger charge is -2.35. The third-order valence-corrected chi connectivity index (χ3v) is 3.35. The topological polar surface area (TPSA) is 104 Å². The van der Waals surface area contributed by atoms with E-state index < -0.39 is 11.9 Å². The lowest BCUT2D eigenvalue weighted by Crippen LogP contribution is -2.34. The standard InChI is InChI=1S/C14H28N2O4/c1-13(2,9-14(3,4)10-15)7-8-16(20)11(17)5-6-12(18)19/h20H,5-10,15H2,1-4H3,(H,18,19). The summed E-state index contributed by atoms with van der Waals surface area (Å²) in [4.78, 5) is 21.9. The molecule has 0 atom stereocenters. The van der Waals surface area contributed by atoms with Gasteiger partial charge in [0.25, 0.3) is 0 Å². The molecule has 0 aliphatic carbocycles. The minimum atomic E-state index is -1.04. The van der Waals surface area contributed by atoms with Gasteiger partial charge in [0, 0.05) is 13.0 Å². The maximum atomic E-state index is 11.5. The lowest BCUT2D eigenvalue weighted by molar-refractivity contribution is -0.168. The quantitative estimate of drug-likeness (QED) is 0.444. The fourth-order valence-electron chi connectivity index (χ4n) is 2.33. The van der Waals surface area contributed by atoms with Gasteiger partial charge >= 0.3 is 5.97 Å². The molecule has 0 aliphatic rings. The molecule has 0 rings (SSSR count). The second-order valence-corrected chi connectivity index (χ2v) is 6.87. The Morgan fingerprint density at radius 1 is 1.10 bits per heavy atom. The first kappa shape index (κ1) is 18.9. The average Bonchev–Trinajstić information content (AvgIpc) is 2.31. The molecule has 0 saturated carbocycles. The third kappa shape index (κ3) is 8.12. The molecule has 4 N–H and O–H groups in total. The summed E-state index contributed by atoms with van der Waals surface area (Å²) >= 11 is 0. The number of hydroxylamine groups is 2. The number of nitrogens with two attached hydrogens (primary N) is 1. The molecular formula is C14H28N2O4. The Kier molecular flexibility index (Phi) is 7.16. The van der Waals surface area contributed by atoms with Gasteiger partial charge < -0.3 is 10.8 Å².